The molecule has 0 aromatic rings. The van der Waals surface area contributed by atoms with Crippen LogP contribution in [0.15, 0.2) is 37.1 Å². The summed E-state index contributed by atoms with van der Waals surface area (Å²) in [5.74, 6) is -1.89. The molecule has 0 amide bonds. The van der Waals surface area contributed by atoms with Crippen LogP contribution in [0.25, 0.3) is 0 Å². The molecular weight excluding hydrogens is 184 g/mol. The van der Waals surface area contributed by atoms with Crippen molar-refractivity contribution >= 4 is 11.9 Å². The van der Waals surface area contributed by atoms with Crippen molar-refractivity contribution in [1.82, 2.24) is 0 Å². The Labute approximate surface area is 82.2 Å². The molecule has 0 unspecified atom stereocenters. The number of carboxylic acids is 1. The van der Waals surface area contributed by atoms with Crippen molar-refractivity contribution in [3.63, 3.8) is 0 Å². The molecule has 4 heteroatoms. The van der Waals surface area contributed by atoms with Crippen LogP contribution in [0.5, 0.6) is 0 Å². The lowest BCUT2D eigenvalue weighted by atomic mass is 10.3. The molecule has 0 bridgehead atoms. The summed E-state index contributed by atoms with van der Waals surface area (Å²) < 4.78 is 4.54. The molecule has 0 aliphatic rings. The summed E-state index contributed by atoms with van der Waals surface area (Å²) in [7, 11) is 0. The second-order valence-electron chi connectivity index (χ2n) is 2.35. The minimum atomic E-state index is -1.18. The van der Waals surface area contributed by atoms with Gasteiger partial charge in [-0.15, -0.1) is 6.58 Å². The normalized spacial score (nSPS) is 10.6. The quantitative estimate of drug-likeness (QED) is 0.230. The van der Waals surface area contributed by atoms with Gasteiger partial charge in [-0.2, -0.15) is 0 Å². The Kier molecular flexibility index (Phi) is 6.77. The lowest BCUT2D eigenvalue weighted by Crippen LogP contribution is -1.96. The maximum Gasteiger partial charge on any atom is 0.335 e. The van der Waals surface area contributed by atoms with Crippen molar-refractivity contribution in [2.24, 2.45) is 0 Å². The first-order valence-corrected chi connectivity index (χ1v) is 4.04. The Morgan fingerprint density at radius 2 is 2.00 bits per heavy atom. The van der Waals surface area contributed by atoms with Gasteiger partial charge >= 0.3 is 11.9 Å². The Morgan fingerprint density at radius 3 is 2.57 bits per heavy atom. The summed E-state index contributed by atoms with van der Waals surface area (Å²) in [5, 5.41) is 8.18. The molecular formula is C10H12O4. The van der Waals surface area contributed by atoms with Gasteiger partial charge in [0.25, 0.3) is 0 Å². The molecule has 0 aliphatic heterocycles. The van der Waals surface area contributed by atoms with Gasteiger partial charge in [-0.05, 0) is 18.9 Å². The van der Waals surface area contributed by atoms with E-state index in [1.54, 1.807) is 12.2 Å². The molecule has 0 spiro atoms. The molecule has 0 saturated carbocycles. The first-order chi connectivity index (χ1) is 6.66. The SMILES string of the molecule is C=CCCC=COC(=O)/C=C\C(=O)O. The molecule has 0 atom stereocenters. The molecule has 1 N–H and O–H groups in total. The van der Waals surface area contributed by atoms with Crippen LogP contribution in [0.1, 0.15) is 12.8 Å². The van der Waals surface area contributed by atoms with Crippen molar-refractivity contribution in [2.45, 2.75) is 12.8 Å². The number of unbranched alkanes of at least 4 members (excludes halogenated alkanes) is 1. The Morgan fingerprint density at radius 1 is 1.29 bits per heavy atom. The van der Waals surface area contributed by atoms with Crippen LogP contribution in [0.4, 0.5) is 0 Å². The highest BCUT2D eigenvalue weighted by Gasteiger charge is 1.94. The minimum absolute atomic E-state index is 0.706. The highest BCUT2D eigenvalue weighted by Crippen LogP contribution is 1.92. The second-order valence-corrected chi connectivity index (χ2v) is 2.35. The van der Waals surface area contributed by atoms with Gasteiger partial charge in [0, 0.05) is 12.2 Å². The Bertz CT molecular complexity index is 263. The van der Waals surface area contributed by atoms with Gasteiger partial charge in [-0.1, -0.05) is 6.08 Å². The van der Waals surface area contributed by atoms with Crippen molar-refractivity contribution in [1.29, 1.82) is 0 Å². The van der Waals surface area contributed by atoms with E-state index in [9.17, 15) is 9.59 Å². The maximum atomic E-state index is 10.7. The maximum absolute atomic E-state index is 10.7. The van der Waals surface area contributed by atoms with E-state index in [-0.39, 0.29) is 0 Å². The van der Waals surface area contributed by atoms with E-state index in [1.165, 1.54) is 6.26 Å². The van der Waals surface area contributed by atoms with Crippen LogP contribution in [-0.2, 0) is 14.3 Å². The predicted molar refractivity (Wildman–Crippen MR) is 51.4 cm³/mol. The highest BCUT2D eigenvalue weighted by molar-refractivity contribution is 5.90. The molecule has 0 saturated heterocycles. The standard InChI is InChI=1S/C10H12O4/c1-2-3-4-5-8-14-10(13)7-6-9(11)12/h2,5-8H,1,3-4H2,(H,11,12)/b7-6-,8-5?. The number of rotatable bonds is 6. The number of hydrogen-bond acceptors (Lipinski definition) is 3. The first kappa shape index (κ1) is 12.2. The van der Waals surface area contributed by atoms with E-state index in [0.717, 1.165) is 25.0 Å². The zero-order valence-corrected chi connectivity index (χ0v) is 7.68. The summed E-state index contributed by atoms with van der Waals surface area (Å²) in [6.45, 7) is 3.52. The van der Waals surface area contributed by atoms with Crippen LogP contribution >= 0.6 is 0 Å². The lowest BCUT2D eigenvalue weighted by Gasteiger charge is -1.91. The highest BCUT2D eigenvalue weighted by atomic mass is 16.5. The molecule has 0 aromatic heterocycles. The number of aliphatic carboxylic acids is 1. The number of carbonyl (C=O) groups excluding carboxylic acids is 1. The van der Waals surface area contributed by atoms with Crippen LogP contribution in [-0.4, -0.2) is 17.0 Å². The smallest absolute Gasteiger partial charge is 0.335 e. The van der Waals surface area contributed by atoms with E-state index in [2.05, 4.69) is 11.3 Å². The summed E-state index contributed by atoms with van der Waals surface area (Å²) in [4.78, 5) is 20.7. The van der Waals surface area contributed by atoms with E-state index < -0.39 is 11.9 Å². The summed E-state index contributed by atoms with van der Waals surface area (Å²) in [5.41, 5.74) is 0. The number of allylic oxidation sites excluding steroid dienone is 2. The number of ether oxygens (including phenoxy) is 1. The van der Waals surface area contributed by atoms with Gasteiger partial charge in [0.1, 0.15) is 0 Å². The Hall–Kier alpha value is -1.84. The number of carbonyl (C=O) groups is 2. The fourth-order valence-electron chi connectivity index (χ4n) is 0.576. The third-order valence-corrected chi connectivity index (χ3v) is 1.18. The lowest BCUT2D eigenvalue weighted by molar-refractivity contribution is -0.134. The van der Waals surface area contributed by atoms with Crippen molar-refractivity contribution in [3.8, 4) is 0 Å². The van der Waals surface area contributed by atoms with E-state index in [4.69, 9.17) is 5.11 Å². The monoisotopic (exact) mass is 196 g/mol. The fourth-order valence-corrected chi connectivity index (χ4v) is 0.576. The molecule has 0 radical (unpaired) electrons. The third-order valence-electron chi connectivity index (χ3n) is 1.18. The van der Waals surface area contributed by atoms with Crippen LogP contribution < -0.4 is 0 Å². The molecule has 0 heterocycles. The zero-order valence-electron chi connectivity index (χ0n) is 7.68. The van der Waals surface area contributed by atoms with Crippen molar-refractivity contribution in [3.05, 3.63) is 37.1 Å². The van der Waals surface area contributed by atoms with E-state index in [0.29, 0.717) is 0 Å². The summed E-state index contributed by atoms with van der Waals surface area (Å²) >= 11 is 0. The van der Waals surface area contributed by atoms with Gasteiger partial charge in [0.2, 0.25) is 0 Å². The second kappa shape index (κ2) is 7.79. The number of esters is 1. The largest absolute Gasteiger partial charge is 0.478 e. The first-order valence-electron chi connectivity index (χ1n) is 4.04. The van der Waals surface area contributed by atoms with Crippen LogP contribution in [0, 0.1) is 0 Å². The predicted octanol–water partition coefficient (Wildman–Crippen LogP) is 1.65. The average molecular weight is 196 g/mol. The van der Waals surface area contributed by atoms with Crippen molar-refractivity contribution in [2.75, 3.05) is 0 Å². The molecule has 14 heavy (non-hydrogen) atoms. The fraction of sp³-hybridized carbons (Fsp3) is 0.200. The Balaban J connectivity index is 3.68. The van der Waals surface area contributed by atoms with Gasteiger partial charge in [-0.3, -0.25) is 0 Å². The van der Waals surface area contributed by atoms with Gasteiger partial charge in [0.15, 0.2) is 0 Å². The van der Waals surface area contributed by atoms with Crippen LogP contribution in [0.2, 0.25) is 0 Å². The average Bonchev–Trinajstić information content (AvgIpc) is 2.14. The molecule has 0 aromatic carbocycles. The third kappa shape index (κ3) is 8.26. The minimum Gasteiger partial charge on any atom is -0.478 e. The van der Waals surface area contributed by atoms with Gasteiger partial charge in [-0.25, -0.2) is 9.59 Å². The van der Waals surface area contributed by atoms with Crippen LogP contribution in [0.3, 0.4) is 0 Å². The van der Waals surface area contributed by atoms with Gasteiger partial charge < -0.3 is 9.84 Å². The topological polar surface area (TPSA) is 63.6 Å². The van der Waals surface area contributed by atoms with E-state index >= 15 is 0 Å². The summed E-state index contributed by atoms with van der Waals surface area (Å²) in [6, 6.07) is 0. The van der Waals surface area contributed by atoms with Gasteiger partial charge in [0.05, 0.1) is 6.26 Å². The number of carboxylic acid groups (broad SMARTS) is 1. The van der Waals surface area contributed by atoms with Crippen molar-refractivity contribution < 1.29 is 19.4 Å². The molecule has 0 aliphatic carbocycles. The molecule has 4 nitrogen and oxygen atoms in total. The molecule has 0 rings (SSSR count). The molecule has 76 valence electrons. The van der Waals surface area contributed by atoms with E-state index in [1.807, 2.05) is 0 Å². The zero-order chi connectivity index (χ0) is 10.8. The molecule has 0 fully saturated rings. The number of hydrogen-bond donors (Lipinski definition) is 1. The summed E-state index contributed by atoms with van der Waals surface area (Å²) in [6.07, 6.45) is 7.75.